The molecule has 140 valence electrons. The maximum Gasteiger partial charge on any atom is 0.253 e. The molecule has 1 aromatic carbocycles. The number of aromatic amines is 1. The summed E-state index contributed by atoms with van der Waals surface area (Å²) in [4.78, 5) is 27.8. The average molecular weight is 379 g/mol. The molecule has 0 unspecified atom stereocenters. The maximum absolute atomic E-state index is 13.1. The maximum atomic E-state index is 13.1. The van der Waals surface area contributed by atoms with E-state index >= 15 is 0 Å². The topological polar surface area (TPSA) is 83.6 Å². The van der Waals surface area contributed by atoms with Crippen molar-refractivity contribution in [2.45, 2.75) is 6.42 Å². The zero-order valence-corrected chi connectivity index (χ0v) is 14.6. The summed E-state index contributed by atoms with van der Waals surface area (Å²) < 4.78 is 26.0. The quantitative estimate of drug-likeness (QED) is 0.522. The molecule has 0 aliphatic carbocycles. The molecule has 0 aliphatic rings. The van der Waals surface area contributed by atoms with Crippen LogP contribution in [0.1, 0.15) is 15.9 Å². The third-order valence-corrected chi connectivity index (χ3v) is 4.24. The second-order valence-electron chi connectivity index (χ2n) is 6.14. The Morgan fingerprint density at radius 3 is 2.61 bits per heavy atom. The minimum absolute atomic E-state index is 0.281. The Kier molecular flexibility index (Phi) is 4.76. The van der Waals surface area contributed by atoms with Gasteiger partial charge in [0.25, 0.3) is 5.91 Å². The van der Waals surface area contributed by atoms with Gasteiger partial charge in [0.05, 0.1) is 11.1 Å². The van der Waals surface area contributed by atoms with Gasteiger partial charge in [0.15, 0.2) is 5.65 Å². The van der Waals surface area contributed by atoms with Gasteiger partial charge in [-0.25, -0.2) is 19.3 Å². The number of halogens is 2. The lowest BCUT2D eigenvalue weighted by molar-refractivity contribution is 0.0955. The molecular weight excluding hydrogens is 364 g/mol. The molecule has 0 spiro atoms. The number of amides is 1. The van der Waals surface area contributed by atoms with Gasteiger partial charge in [0, 0.05) is 24.5 Å². The van der Waals surface area contributed by atoms with Crippen molar-refractivity contribution < 1.29 is 13.6 Å². The second-order valence-corrected chi connectivity index (χ2v) is 6.14. The molecule has 0 bridgehead atoms. The summed E-state index contributed by atoms with van der Waals surface area (Å²) in [6, 6.07) is 10.4. The van der Waals surface area contributed by atoms with E-state index in [1.54, 1.807) is 24.3 Å². The first-order valence-electron chi connectivity index (χ1n) is 8.59. The number of H-pyrrole nitrogens is 1. The van der Waals surface area contributed by atoms with Crippen LogP contribution in [-0.2, 0) is 6.42 Å². The number of rotatable bonds is 5. The lowest BCUT2D eigenvalue weighted by Gasteiger charge is -2.06. The Bertz CT molecular complexity index is 1120. The van der Waals surface area contributed by atoms with E-state index in [2.05, 4.69) is 25.3 Å². The molecule has 0 saturated heterocycles. The number of fused-ring (bicyclic) bond motifs is 1. The fraction of sp³-hybridized carbons (Fsp3) is 0.100. The van der Waals surface area contributed by atoms with Crippen molar-refractivity contribution in [3.8, 4) is 11.4 Å². The van der Waals surface area contributed by atoms with E-state index in [0.29, 0.717) is 41.1 Å². The van der Waals surface area contributed by atoms with Crippen molar-refractivity contribution in [2.24, 2.45) is 0 Å². The van der Waals surface area contributed by atoms with Gasteiger partial charge in [0.1, 0.15) is 11.6 Å². The van der Waals surface area contributed by atoms with E-state index in [1.807, 2.05) is 0 Å². The van der Waals surface area contributed by atoms with Gasteiger partial charge in [-0.15, -0.1) is 0 Å². The minimum atomic E-state index is -0.539. The van der Waals surface area contributed by atoms with Crippen LogP contribution in [0.5, 0.6) is 0 Å². The second kappa shape index (κ2) is 7.51. The number of hydrogen-bond donors (Lipinski definition) is 2. The van der Waals surface area contributed by atoms with Gasteiger partial charge in [-0.1, -0.05) is 6.07 Å². The number of nitrogens with one attached hydrogen (secondary N) is 2. The van der Waals surface area contributed by atoms with Crippen molar-refractivity contribution in [1.29, 1.82) is 0 Å². The molecule has 4 rings (SSSR count). The predicted octanol–water partition coefficient (Wildman–Crippen LogP) is 3.27. The number of nitrogens with zero attached hydrogens (tertiary/aromatic N) is 3. The largest absolute Gasteiger partial charge is 0.352 e. The number of benzene rings is 1. The highest BCUT2D eigenvalue weighted by molar-refractivity contribution is 6.04. The lowest BCUT2D eigenvalue weighted by atomic mass is 10.2. The van der Waals surface area contributed by atoms with E-state index in [-0.39, 0.29) is 11.7 Å². The van der Waals surface area contributed by atoms with Crippen LogP contribution >= 0.6 is 0 Å². The summed E-state index contributed by atoms with van der Waals surface area (Å²) in [5.41, 5.74) is 2.82. The van der Waals surface area contributed by atoms with Crippen molar-refractivity contribution in [2.75, 3.05) is 6.54 Å². The monoisotopic (exact) mass is 379 g/mol. The summed E-state index contributed by atoms with van der Waals surface area (Å²) in [5, 5.41) is 2.83. The van der Waals surface area contributed by atoms with Crippen LogP contribution in [0.4, 0.5) is 8.78 Å². The van der Waals surface area contributed by atoms with Crippen molar-refractivity contribution in [1.82, 2.24) is 25.3 Å². The summed E-state index contributed by atoms with van der Waals surface area (Å²) in [5.74, 6) is -0.658. The van der Waals surface area contributed by atoms with E-state index in [1.165, 1.54) is 30.6 Å². The minimum Gasteiger partial charge on any atom is -0.352 e. The SMILES string of the molecule is O=C(NCCc1ccc(F)nc1)c1ccnc2nc(-c3ccc(F)cc3)[nH]c12. The fourth-order valence-electron chi connectivity index (χ4n) is 2.81. The third kappa shape index (κ3) is 3.71. The highest BCUT2D eigenvalue weighted by Gasteiger charge is 2.15. The van der Waals surface area contributed by atoms with Gasteiger partial charge in [-0.2, -0.15) is 4.39 Å². The molecule has 3 aromatic heterocycles. The van der Waals surface area contributed by atoms with E-state index in [4.69, 9.17) is 0 Å². The third-order valence-electron chi connectivity index (χ3n) is 4.24. The van der Waals surface area contributed by atoms with E-state index in [9.17, 15) is 13.6 Å². The number of carbonyl (C=O) groups is 1. The molecule has 4 aromatic rings. The van der Waals surface area contributed by atoms with Gasteiger partial charge in [-0.3, -0.25) is 4.79 Å². The van der Waals surface area contributed by atoms with E-state index in [0.717, 1.165) is 5.56 Å². The molecular formula is C20H15F2N5O. The van der Waals surface area contributed by atoms with Crippen LogP contribution in [0.2, 0.25) is 0 Å². The molecule has 0 fully saturated rings. The molecule has 0 atom stereocenters. The molecule has 3 heterocycles. The Balaban J connectivity index is 1.52. The van der Waals surface area contributed by atoms with E-state index < -0.39 is 5.95 Å². The van der Waals surface area contributed by atoms with Crippen LogP contribution < -0.4 is 5.32 Å². The van der Waals surface area contributed by atoms with Crippen LogP contribution in [0.3, 0.4) is 0 Å². The van der Waals surface area contributed by atoms with Gasteiger partial charge >= 0.3 is 0 Å². The average Bonchev–Trinajstić information content (AvgIpc) is 3.14. The normalized spacial score (nSPS) is 10.9. The molecule has 1 amide bonds. The number of carbonyl (C=O) groups excluding carboxylic acids is 1. The van der Waals surface area contributed by atoms with Crippen LogP contribution in [0.15, 0.2) is 54.9 Å². The van der Waals surface area contributed by atoms with Crippen molar-refractivity contribution in [3.05, 3.63) is 77.8 Å². The summed E-state index contributed by atoms with van der Waals surface area (Å²) in [6.07, 6.45) is 3.48. The summed E-state index contributed by atoms with van der Waals surface area (Å²) in [7, 11) is 0. The van der Waals surface area contributed by atoms with Gasteiger partial charge in [0.2, 0.25) is 5.95 Å². The number of imidazole rings is 1. The first kappa shape index (κ1) is 17.7. The smallest absolute Gasteiger partial charge is 0.253 e. The Morgan fingerprint density at radius 2 is 1.86 bits per heavy atom. The summed E-state index contributed by atoms with van der Waals surface area (Å²) >= 11 is 0. The fourth-order valence-corrected chi connectivity index (χ4v) is 2.81. The van der Waals surface area contributed by atoms with Gasteiger partial charge in [-0.05, 0) is 48.4 Å². The number of hydrogen-bond acceptors (Lipinski definition) is 4. The highest BCUT2D eigenvalue weighted by Crippen LogP contribution is 2.21. The lowest BCUT2D eigenvalue weighted by Crippen LogP contribution is -2.26. The Hall–Kier alpha value is -3.68. The zero-order chi connectivity index (χ0) is 19.5. The molecule has 28 heavy (non-hydrogen) atoms. The molecule has 0 aliphatic heterocycles. The highest BCUT2D eigenvalue weighted by atomic mass is 19.1. The zero-order valence-electron chi connectivity index (χ0n) is 14.6. The van der Waals surface area contributed by atoms with Gasteiger partial charge < -0.3 is 10.3 Å². The Morgan fingerprint density at radius 1 is 1.04 bits per heavy atom. The first-order valence-corrected chi connectivity index (χ1v) is 8.59. The first-order chi connectivity index (χ1) is 13.6. The molecule has 0 radical (unpaired) electrons. The predicted molar refractivity (Wildman–Crippen MR) is 99.5 cm³/mol. The Labute approximate surface area is 158 Å². The van der Waals surface area contributed by atoms with Crippen molar-refractivity contribution in [3.63, 3.8) is 0 Å². The molecule has 6 nitrogen and oxygen atoms in total. The molecule has 8 heteroatoms. The molecule has 2 N–H and O–H groups in total. The van der Waals surface area contributed by atoms with Crippen LogP contribution in [0, 0.1) is 11.8 Å². The standard InChI is InChI=1S/C20H15F2N5O/c21-14-4-2-13(3-5-14)18-26-17-15(8-10-23-19(17)27-18)20(28)24-9-7-12-1-6-16(22)25-11-12/h1-6,8,10-11H,7,9H2,(H,24,28)(H,23,26,27). The summed E-state index contributed by atoms with van der Waals surface area (Å²) in [6.45, 7) is 0.370. The van der Waals surface area contributed by atoms with Crippen LogP contribution in [-0.4, -0.2) is 32.4 Å². The van der Waals surface area contributed by atoms with Crippen molar-refractivity contribution >= 4 is 17.1 Å². The number of pyridine rings is 2. The van der Waals surface area contributed by atoms with Crippen LogP contribution in [0.25, 0.3) is 22.6 Å². The molecule has 0 saturated carbocycles. The number of aromatic nitrogens is 4.